The fraction of sp³-hybridized carbons (Fsp3) is 0.556. The summed E-state index contributed by atoms with van der Waals surface area (Å²) in [5, 5.41) is 15.2. The van der Waals surface area contributed by atoms with Crippen molar-refractivity contribution in [2.75, 3.05) is 25.0 Å². The number of nitrogens with zero attached hydrogens (tertiary/aromatic N) is 2. The molecule has 0 unspecified atom stereocenters. The molecule has 14 heavy (non-hydrogen) atoms. The molecule has 0 spiro atoms. The van der Waals surface area contributed by atoms with Crippen LogP contribution in [0.2, 0.25) is 0 Å². The lowest BCUT2D eigenvalue weighted by Gasteiger charge is -2.13. The Morgan fingerprint density at radius 2 is 2.57 bits per heavy atom. The maximum Gasteiger partial charge on any atom is 0.205 e. The lowest BCUT2D eigenvalue weighted by atomic mass is 10.1. The minimum atomic E-state index is 0.916. The van der Waals surface area contributed by atoms with Crippen molar-refractivity contribution in [2.45, 2.75) is 12.8 Å². The van der Waals surface area contributed by atoms with Gasteiger partial charge in [0.15, 0.2) is 0 Å². The van der Waals surface area contributed by atoms with Gasteiger partial charge in [0.1, 0.15) is 5.51 Å². The van der Waals surface area contributed by atoms with Gasteiger partial charge in [0, 0.05) is 13.1 Å². The van der Waals surface area contributed by atoms with Gasteiger partial charge in [0.05, 0.1) is 0 Å². The highest BCUT2D eigenvalue weighted by atomic mass is 32.1. The average Bonchev–Trinajstić information content (AvgIpc) is 2.72. The van der Waals surface area contributed by atoms with Crippen molar-refractivity contribution in [3.05, 3.63) is 17.2 Å². The monoisotopic (exact) mass is 210 g/mol. The third kappa shape index (κ3) is 2.78. The minimum Gasteiger partial charge on any atom is -0.360 e. The Balaban J connectivity index is 1.70. The SMILES string of the molecule is C1=C(CCNc2nncs2)CCNC1. The lowest BCUT2D eigenvalue weighted by Crippen LogP contribution is -2.21. The number of rotatable bonds is 4. The number of hydrogen-bond donors (Lipinski definition) is 2. The van der Waals surface area contributed by atoms with Crippen LogP contribution >= 0.6 is 11.3 Å². The average molecular weight is 210 g/mol. The van der Waals surface area contributed by atoms with E-state index >= 15 is 0 Å². The molecule has 2 heterocycles. The second-order valence-electron chi connectivity index (χ2n) is 3.24. The Hall–Kier alpha value is -0.940. The highest BCUT2D eigenvalue weighted by Crippen LogP contribution is 2.11. The fourth-order valence-corrected chi connectivity index (χ4v) is 1.95. The Labute approximate surface area is 87.4 Å². The zero-order valence-electron chi connectivity index (χ0n) is 7.99. The van der Waals surface area contributed by atoms with E-state index in [1.165, 1.54) is 6.42 Å². The molecule has 0 saturated carbocycles. The van der Waals surface area contributed by atoms with E-state index in [0.717, 1.165) is 31.2 Å². The third-order valence-corrected chi connectivity index (χ3v) is 2.89. The zero-order chi connectivity index (χ0) is 9.64. The van der Waals surface area contributed by atoms with E-state index in [9.17, 15) is 0 Å². The van der Waals surface area contributed by atoms with E-state index < -0.39 is 0 Å². The van der Waals surface area contributed by atoms with Crippen LogP contribution in [-0.2, 0) is 0 Å². The summed E-state index contributed by atoms with van der Waals surface area (Å²) in [6, 6.07) is 0. The maximum absolute atomic E-state index is 3.92. The minimum absolute atomic E-state index is 0.916. The molecule has 2 N–H and O–H groups in total. The van der Waals surface area contributed by atoms with E-state index in [4.69, 9.17) is 0 Å². The van der Waals surface area contributed by atoms with Gasteiger partial charge >= 0.3 is 0 Å². The van der Waals surface area contributed by atoms with Gasteiger partial charge in [-0.1, -0.05) is 23.0 Å². The summed E-state index contributed by atoms with van der Waals surface area (Å²) in [6.07, 6.45) is 4.57. The molecule has 0 fully saturated rings. The van der Waals surface area contributed by atoms with Crippen molar-refractivity contribution < 1.29 is 0 Å². The molecule has 76 valence electrons. The molecule has 0 bridgehead atoms. The summed E-state index contributed by atoms with van der Waals surface area (Å²) in [7, 11) is 0. The predicted octanol–water partition coefficient (Wildman–Crippen LogP) is 1.26. The van der Waals surface area contributed by atoms with Crippen molar-refractivity contribution in [2.24, 2.45) is 0 Å². The smallest absolute Gasteiger partial charge is 0.205 e. The molecule has 4 nitrogen and oxygen atoms in total. The molecule has 1 aliphatic rings. The highest BCUT2D eigenvalue weighted by molar-refractivity contribution is 7.13. The van der Waals surface area contributed by atoms with Gasteiger partial charge in [-0.2, -0.15) is 0 Å². The standard InChI is InChI=1S/C9H14N4S/c1-4-10-5-2-8(1)3-6-11-9-13-12-7-14-9/h1,7,10H,2-6H2,(H,11,13). The number of nitrogens with one attached hydrogen (secondary N) is 2. The molecule has 1 aromatic rings. The number of anilines is 1. The zero-order valence-corrected chi connectivity index (χ0v) is 8.81. The summed E-state index contributed by atoms with van der Waals surface area (Å²) in [6.45, 7) is 3.10. The Bertz CT molecular complexity index is 294. The van der Waals surface area contributed by atoms with E-state index in [-0.39, 0.29) is 0 Å². The molecule has 1 aromatic heterocycles. The molecule has 0 aliphatic carbocycles. The van der Waals surface area contributed by atoms with Crippen LogP contribution in [0.1, 0.15) is 12.8 Å². The van der Waals surface area contributed by atoms with Crippen LogP contribution < -0.4 is 10.6 Å². The normalized spacial score (nSPS) is 16.4. The fourth-order valence-electron chi connectivity index (χ4n) is 1.48. The second-order valence-corrected chi connectivity index (χ2v) is 4.07. The summed E-state index contributed by atoms with van der Waals surface area (Å²) >= 11 is 1.54. The van der Waals surface area contributed by atoms with Crippen LogP contribution in [0.25, 0.3) is 0 Å². The van der Waals surface area contributed by atoms with E-state index in [1.807, 2.05) is 0 Å². The Morgan fingerprint density at radius 1 is 1.57 bits per heavy atom. The molecule has 0 saturated heterocycles. The van der Waals surface area contributed by atoms with Crippen LogP contribution in [0.4, 0.5) is 5.13 Å². The number of aromatic nitrogens is 2. The van der Waals surface area contributed by atoms with Crippen LogP contribution in [0, 0.1) is 0 Å². The van der Waals surface area contributed by atoms with Crippen LogP contribution in [0.5, 0.6) is 0 Å². The summed E-state index contributed by atoms with van der Waals surface area (Å²) < 4.78 is 0. The molecule has 5 heteroatoms. The van der Waals surface area contributed by atoms with Gasteiger partial charge in [0.25, 0.3) is 0 Å². The quantitative estimate of drug-likeness (QED) is 0.735. The summed E-state index contributed by atoms with van der Waals surface area (Å²) in [5.74, 6) is 0. The molecule has 2 rings (SSSR count). The number of hydrogen-bond acceptors (Lipinski definition) is 5. The van der Waals surface area contributed by atoms with Crippen LogP contribution in [0.15, 0.2) is 17.2 Å². The van der Waals surface area contributed by atoms with Crippen molar-refractivity contribution in [3.63, 3.8) is 0 Å². The van der Waals surface area contributed by atoms with Crippen molar-refractivity contribution in [1.29, 1.82) is 0 Å². The highest BCUT2D eigenvalue weighted by Gasteiger charge is 2.02. The van der Waals surface area contributed by atoms with Crippen molar-refractivity contribution in [3.8, 4) is 0 Å². The molecular weight excluding hydrogens is 196 g/mol. The Morgan fingerprint density at radius 3 is 3.29 bits per heavy atom. The van der Waals surface area contributed by atoms with Crippen LogP contribution in [0.3, 0.4) is 0 Å². The first-order valence-corrected chi connectivity index (χ1v) is 5.72. The summed E-state index contributed by atoms with van der Waals surface area (Å²) in [4.78, 5) is 0. The first-order chi connectivity index (χ1) is 6.95. The van der Waals surface area contributed by atoms with Gasteiger partial charge in [-0.05, 0) is 19.4 Å². The first-order valence-electron chi connectivity index (χ1n) is 4.84. The van der Waals surface area contributed by atoms with Gasteiger partial charge in [-0.15, -0.1) is 10.2 Å². The second kappa shape index (κ2) is 5.07. The Kier molecular flexibility index (Phi) is 3.48. The third-order valence-electron chi connectivity index (χ3n) is 2.24. The summed E-state index contributed by atoms with van der Waals surface area (Å²) in [5.41, 5.74) is 3.28. The van der Waals surface area contributed by atoms with Crippen LogP contribution in [-0.4, -0.2) is 29.8 Å². The van der Waals surface area contributed by atoms with E-state index in [0.29, 0.717) is 0 Å². The molecule has 0 amide bonds. The van der Waals surface area contributed by atoms with E-state index in [1.54, 1.807) is 22.4 Å². The largest absolute Gasteiger partial charge is 0.360 e. The molecule has 0 atom stereocenters. The molecular formula is C9H14N4S. The van der Waals surface area contributed by atoms with Gasteiger partial charge in [-0.25, -0.2) is 0 Å². The first kappa shape index (κ1) is 9.61. The van der Waals surface area contributed by atoms with Crippen molar-refractivity contribution in [1.82, 2.24) is 15.5 Å². The molecule has 0 aromatic carbocycles. The topological polar surface area (TPSA) is 49.8 Å². The molecule has 1 aliphatic heterocycles. The van der Waals surface area contributed by atoms with Gasteiger partial charge in [0.2, 0.25) is 5.13 Å². The van der Waals surface area contributed by atoms with Gasteiger partial charge < -0.3 is 10.6 Å². The van der Waals surface area contributed by atoms with Crippen molar-refractivity contribution >= 4 is 16.5 Å². The predicted molar refractivity (Wildman–Crippen MR) is 58.6 cm³/mol. The maximum atomic E-state index is 3.92. The van der Waals surface area contributed by atoms with Gasteiger partial charge in [-0.3, -0.25) is 0 Å². The lowest BCUT2D eigenvalue weighted by molar-refractivity contribution is 0.683. The van der Waals surface area contributed by atoms with E-state index in [2.05, 4.69) is 26.9 Å². The molecule has 0 radical (unpaired) electrons.